The number of esters is 1. The Morgan fingerprint density at radius 2 is 1.57 bits per heavy atom. The van der Waals surface area contributed by atoms with Crippen LogP contribution < -0.4 is 9.64 Å². The number of aliphatic hydroxyl groups excluding tert-OH is 1. The summed E-state index contributed by atoms with van der Waals surface area (Å²) < 4.78 is 10.3. The maximum Gasteiger partial charge on any atom is 0.309 e. The Hall–Kier alpha value is -4.59. The number of carbonyl (C=O) groups excluding carboxylic acids is 3. The summed E-state index contributed by atoms with van der Waals surface area (Å²) in [5.41, 5.74) is 1.89. The number of hydrogen-bond donors (Lipinski definition) is 2. The Kier molecular flexibility index (Phi) is 7.29. The van der Waals surface area contributed by atoms with E-state index in [9.17, 15) is 24.6 Å². The molecule has 0 saturated carbocycles. The van der Waals surface area contributed by atoms with Crippen LogP contribution in [-0.4, -0.2) is 41.1 Å². The van der Waals surface area contributed by atoms with Gasteiger partial charge in [-0.3, -0.25) is 19.3 Å². The molecule has 1 aliphatic heterocycles. The van der Waals surface area contributed by atoms with E-state index in [2.05, 4.69) is 0 Å². The van der Waals surface area contributed by atoms with Crippen LogP contribution in [0.25, 0.3) is 5.76 Å². The molecule has 0 spiro atoms. The van der Waals surface area contributed by atoms with Crippen molar-refractivity contribution in [3.05, 3.63) is 95.1 Å². The number of hydrogen-bond acceptors (Lipinski definition) is 7. The summed E-state index contributed by atoms with van der Waals surface area (Å²) in [6, 6.07) is 18.4. The third kappa shape index (κ3) is 5.33. The lowest BCUT2D eigenvalue weighted by atomic mass is 9.95. The number of benzene rings is 3. The van der Waals surface area contributed by atoms with Gasteiger partial charge in [-0.25, -0.2) is 0 Å². The Balaban J connectivity index is 1.79. The van der Waals surface area contributed by atoms with Gasteiger partial charge in [-0.2, -0.15) is 0 Å². The van der Waals surface area contributed by atoms with Crippen LogP contribution in [0.5, 0.6) is 11.5 Å². The number of Topliss-reactive ketones (excluding diaryl/α,β-unsaturated/α-hetero) is 1. The Bertz CT molecular complexity index is 1340. The standard InChI is InChI=1S/C29H27NO7/c1-17(2)37-23-14-8-20(9-15-23)27(33)25-26(19-6-12-22(31)13-7-19)30(29(35)28(25)34)21-10-4-18(5-11-21)16-24(32)36-3/h4-15,17,26,31,33H,16H2,1-3H3/b27-25+. The van der Waals surface area contributed by atoms with E-state index in [-0.39, 0.29) is 29.6 Å². The number of rotatable bonds is 7. The molecule has 1 amide bonds. The second-order valence-electron chi connectivity index (χ2n) is 8.87. The number of methoxy groups -OCH3 is 1. The van der Waals surface area contributed by atoms with Crippen LogP contribution in [0.3, 0.4) is 0 Å². The minimum Gasteiger partial charge on any atom is -0.508 e. The fourth-order valence-corrected chi connectivity index (χ4v) is 4.20. The summed E-state index contributed by atoms with van der Waals surface area (Å²) in [7, 11) is 1.30. The second-order valence-corrected chi connectivity index (χ2v) is 8.87. The lowest BCUT2D eigenvalue weighted by Crippen LogP contribution is -2.29. The molecule has 1 aliphatic rings. The molecule has 4 rings (SSSR count). The van der Waals surface area contributed by atoms with Crippen LogP contribution in [0.1, 0.15) is 36.6 Å². The number of aromatic hydroxyl groups is 1. The first kappa shape index (κ1) is 25.5. The van der Waals surface area contributed by atoms with Gasteiger partial charge in [-0.1, -0.05) is 24.3 Å². The Morgan fingerprint density at radius 1 is 0.946 bits per heavy atom. The molecule has 1 atom stereocenters. The van der Waals surface area contributed by atoms with E-state index < -0.39 is 23.7 Å². The first-order valence-electron chi connectivity index (χ1n) is 11.7. The minimum absolute atomic E-state index is 0.0219. The molecule has 3 aromatic rings. The Morgan fingerprint density at radius 3 is 2.14 bits per heavy atom. The average molecular weight is 502 g/mol. The highest BCUT2D eigenvalue weighted by atomic mass is 16.5. The summed E-state index contributed by atoms with van der Waals surface area (Å²) in [6.07, 6.45) is 0.0336. The highest BCUT2D eigenvalue weighted by Crippen LogP contribution is 2.42. The molecular formula is C29H27NO7. The van der Waals surface area contributed by atoms with Crippen molar-refractivity contribution in [1.29, 1.82) is 0 Å². The monoisotopic (exact) mass is 501 g/mol. The average Bonchev–Trinajstić information content (AvgIpc) is 3.15. The molecule has 37 heavy (non-hydrogen) atoms. The minimum atomic E-state index is -0.946. The number of phenolic OH excluding ortho intramolecular Hbond substituents is 1. The van der Waals surface area contributed by atoms with Crippen molar-refractivity contribution in [3.8, 4) is 11.5 Å². The lowest BCUT2D eigenvalue weighted by Gasteiger charge is -2.25. The van der Waals surface area contributed by atoms with Gasteiger partial charge in [0.25, 0.3) is 11.7 Å². The van der Waals surface area contributed by atoms with Gasteiger partial charge in [-0.15, -0.1) is 0 Å². The van der Waals surface area contributed by atoms with Crippen molar-refractivity contribution in [2.75, 3.05) is 12.0 Å². The normalized spacial score (nSPS) is 16.8. The number of carbonyl (C=O) groups is 3. The van der Waals surface area contributed by atoms with Gasteiger partial charge in [-0.05, 0) is 73.5 Å². The molecule has 3 aromatic carbocycles. The van der Waals surface area contributed by atoms with Crippen molar-refractivity contribution in [3.63, 3.8) is 0 Å². The van der Waals surface area contributed by atoms with Gasteiger partial charge in [0.05, 0.1) is 31.2 Å². The highest BCUT2D eigenvalue weighted by Gasteiger charge is 2.47. The number of nitrogens with zero attached hydrogens (tertiary/aromatic N) is 1. The predicted molar refractivity (Wildman–Crippen MR) is 137 cm³/mol. The maximum absolute atomic E-state index is 13.3. The predicted octanol–water partition coefficient (Wildman–Crippen LogP) is 4.52. The van der Waals surface area contributed by atoms with Crippen LogP contribution in [0, 0.1) is 0 Å². The van der Waals surface area contributed by atoms with Crippen LogP contribution in [0.2, 0.25) is 0 Å². The van der Waals surface area contributed by atoms with Gasteiger partial charge in [0.1, 0.15) is 17.3 Å². The van der Waals surface area contributed by atoms with E-state index in [0.29, 0.717) is 28.1 Å². The van der Waals surface area contributed by atoms with Crippen LogP contribution >= 0.6 is 0 Å². The summed E-state index contributed by atoms with van der Waals surface area (Å²) in [5.74, 6) is -1.74. The topological polar surface area (TPSA) is 113 Å². The molecule has 0 radical (unpaired) electrons. The lowest BCUT2D eigenvalue weighted by molar-refractivity contribution is -0.139. The zero-order valence-corrected chi connectivity index (χ0v) is 20.7. The van der Waals surface area contributed by atoms with Crippen molar-refractivity contribution in [2.24, 2.45) is 0 Å². The van der Waals surface area contributed by atoms with Gasteiger partial charge in [0.2, 0.25) is 0 Å². The molecule has 0 aliphatic carbocycles. The summed E-state index contributed by atoms with van der Waals surface area (Å²) in [6.45, 7) is 3.80. The first-order chi connectivity index (χ1) is 17.7. The van der Waals surface area contributed by atoms with E-state index >= 15 is 0 Å². The third-order valence-corrected chi connectivity index (χ3v) is 5.94. The largest absolute Gasteiger partial charge is 0.508 e. The molecule has 2 N–H and O–H groups in total. The number of ketones is 1. The molecule has 190 valence electrons. The third-order valence-electron chi connectivity index (χ3n) is 5.94. The summed E-state index contributed by atoms with van der Waals surface area (Å²) >= 11 is 0. The number of ether oxygens (including phenoxy) is 2. The van der Waals surface area contributed by atoms with E-state index in [1.807, 2.05) is 13.8 Å². The van der Waals surface area contributed by atoms with E-state index in [0.717, 1.165) is 0 Å². The number of aliphatic hydroxyl groups is 1. The fourth-order valence-electron chi connectivity index (χ4n) is 4.20. The quantitative estimate of drug-likeness (QED) is 0.212. The van der Waals surface area contributed by atoms with Crippen molar-refractivity contribution >= 4 is 29.1 Å². The van der Waals surface area contributed by atoms with Gasteiger partial charge in [0, 0.05) is 11.3 Å². The van der Waals surface area contributed by atoms with Crippen LogP contribution in [0.4, 0.5) is 5.69 Å². The van der Waals surface area contributed by atoms with E-state index in [1.165, 1.54) is 24.1 Å². The molecule has 1 heterocycles. The smallest absolute Gasteiger partial charge is 0.309 e. The summed E-state index contributed by atoms with van der Waals surface area (Å²) in [5, 5.41) is 21.0. The number of phenols is 1. The molecule has 8 heteroatoms. The van der Waals surface area contributed by atoms with E-state index in [1.54, 1.807) is 60.7 Å². The van der Waals surface area contributed by atoms with Crippen molar-refractivity contribution in [1.82, 2.24) is 0 Å². The van der Waals surface area contributed by atoms with Crippen LogP contribution in [-0.2, 0) is 25.5 Å². The Labute approximate surface area is 214 Å². The van der Waals surface area contributed by atoms with Crippen LogP contribution in [0.15, 0.2) is 78.4 Å². The van der Waals surface area contributed by atoms with Gasteiger partial charge in [0.15, 0.2) is 0 Å². The van der Waals surface area contributed by atoms with Crippen molar-refractivity contribution < 1.29 is 34.1 Å². The van der Waals surface area contributed by atoms with Crippen molar-refractivity contribution in [2.45, 2.75) is 32.4 Å². The molecule has 0 aromatic heterocycles. The SMILES string of the molecule is COC(=O)Cc1ccc(N2C(=O)C(=O)/C(=C(/O)c3ccc(OC(C)C)cc3)C2c2ccc(O)cc2)cc1. The molecule has 8 nitrogen and oxygen atoms in total. The zero-order chi connectivity index (χ0) is 26.7. The fraction of sp³-hybridized carbons (Fsp3) is 0.207. The zero-order valence-electron chi connectivity index (χ0n) is 20.7. The molecule has 1 saturated heterocycles. The highest BCUT2D eigenvalue weighted by molar-refractivity contribution is 6.51. The van der Waals surface area contributed by atoms with E-state index in [4.69, 9.17) is 9.47 Å². The molecule has 0 bridgehead atoms. The molecule has 1 unspecified atom stereocenters. The second kappa shape index (κ2) is 10.6. The maximum atomic E-state index is 13.3. The van der Waals surface area contributed by atoms with Gasteiger partial charge < -0.3 is 19.7 Å². The first-order valence-corrected chi connectivity index (χ1v) is 11.7. The number of anilines is 1. The molecule has 1 fully saturated rings. The van der Waals surface area contributed by atoms with Gasteiger partial charge >= 0.3 is 5.97 Å². The molecular weight excluding hydrogens is 474 g/mol. The summed E-state index contributed by atoms with van der Waals surface area (Å²) in [4.78, 5) is 39.5. The number of amides is 1.